The third kappa shape index (κ3) is 3.56. The van der Waals surface area contributed by atoms with E-state index in [0.717, 1.165) is 33.3 Å². The molecule has 0 fully saturated rings. The summed E-state index contributed by atoms with van der Waals surface area (Å²) in [7, 11) is 0. The molecule has 5 rings (SSSR count). The molecule has 0 saturated carbocycles. The van der Waals surface area contributed by atoms with Gasteiger partial charge in [0.25, 0.3) is 0 Å². The van der Waals surface area contributed by atoms with E-state index in [1.807, 2.05) is 94.4 Å². The van der Waals surface area contributed by atoms with Gasteiger partial charge in [0.2, 0.25) is 5.91 Å². The Morgan fingerprint density at radius 3 is 2.06 bits per heavy atom. The number of carboxylic acid groups (broad SMARTS) is 1. The van der Waals surface area contributed by atoms with Crippen molar-refractivity contribution in [2.45, 2.75) is 25.4 Å². The summed E-state index contributed by atoms with van der Waals surface area (Å²) in [5.74, 6) is -1.16. The van der Waals surface area contributed by atoms with E-state index in [1.54, 1.807) is 0 Å². The number of hydrogen-bond acceptors (Lipinski definition) is 2. The fourth-order valence-electron chi connectivity index (χ4n) is 4.86. The molecule has 0 unspecified atom stereocenters. The Hall–Kier alpha value is -3.86. The monoisotopic (exact) mass is 424 g/mol. The number of nitrogens with zero attached hydrogens (tertiary/aromatic N) is 2. The minimum absolute atomic E-state index is 0.0690. The number of aliphatic carboxylic acids is 1. The number of rotatable bonds is 5. The zero-order valence-corrected chi connectivity index (χ0v) is 17.6. The number of benzene rings is 3. The van der Waals surface area contributed by atoms with Crippen LogP contribution in [0.2, 0.25) is 0 Å². The second-order valence-electron chi connectivity index (χ2n) is 8.19. The van der Waals surface area contributed by atoms with E-state index in [1.165, 1.54) is 0 Å². The van der Waals surface area contributed by atoms with Crippen LogP contribution >= 0.6 is 0 Å². The Balaban J connectivity index is 1.53. The fraction of sp³-hybridized carbons (Fsp3) is 0.185. The Labute approximate surface area is 186 Å². The molecule has 1 N–H and O–H groups in total. The predicted molar refractivity (Wildman–Crippen MR) is 123 cm³/mol. The summed E-state index contributed by atoms with van der Waals surface area (Å²) in [5.41, 5.74) is 4.94. The third-order valence-electron chi connectivity index (χ3n) is 6.28. The molecule has 2 heterocycles. The van der Waals surface area contributed by atoms with Gasteiger partial charge in [-0.25, -0.2) is 0 Å². The van der Waals surface area contributed by atoms with E-state index in [4.69, 9.17) is 0 Å². The standard InChI is InChI=1S/C27H24N2O3/c30-25(31)18-29-23-14-8-7-13-21(23)22-17-28(16-15-24(22)29)27(32)26(19-9-3-1-4-10-19)20-11-5-2-6-12-20/h1-14,26H,15-18H2,(H,30,31). The molecule has 1 aliphatic heterocycles. The SMILES string of the molecule is O=C(O)Cn1c2c(c3ccccc31)CN(C(=O)C(c1ccccc1)c1ccccc1)CC2. The number of carbonyl (C=O) groups excluding carboxylic acids is 1. The smallest absolute Gasteiger partial charge is 0.323 e. The maximum Gasteiger partial charge on any atom is 0.323 e. The van der Waals surface area contributed by atoms with Crippen LogP contribution in [-0.2, 0) is 29.1 Å². The number of aromatic nitrogens is 1. The molecule has 0 atom stereocenters. The Morgan fingerprint density at radius 1 is 0.844 bits per heavy atom. The van der Waals surface area contributed by atoms with Gasteiger partial charge in [0, 0.05) is 41.7 Å². The van der Waals surface area contributed by atoms with Crippen LogP contribution in [0.15, 0.2) is 84.9 Å². The average molecular weight is 425 g/mol. The minimum atomic E-state index is -0.861. The topological polar surface area (TPSA) is 62.5 Å². The van der Waals surface area contributed by atoms with E-state index in [-0.39, 0.29) is 18.4 Å². The van der Waals surface area contributed by atoms with Crippen molar-refractivity contribution in [1.29, 1.82) is 0 Å². The molecule has 32 heavy (non-hydrogen) atoms. The quantitative estimate of drug-likeness (QED) is 0.515. The van der Waals surface area contributed by atoms with E-state index < -0.39 is 5.97 Å². The third-order valence-corrected chi connectivity index (χ3v) is 6.28. The fourth-order valence-corrected chi connectivity index (χ4v) is 4.86. The summed E-state index contributed by atoms with van der Waals surface area (Å²) in [4.78, 5) is 27.3. The van der Waals surface area contributed by atoms with Crippen LogP contribution in [0.1, 0.15) is 28.3 Å². The van der Waals surface area contributed by atoms with Crippen molar-refractivity contribution < 1.29 is 14.7 Å². The lowest BCUT2D eigenvalue weighted by Crippen LogP contribution is -2.39. The lowest BCUT2D eigenvalue weighted by atomic mass is 9.89. The number of carboxylic acids is 1. The second-order valence-corrected chi connectivity index (χ2v) is 8.19. The van der Waals surface area contributed by atoms with Crippen LogP contribution in [0.3, 0.4) is 0 Å². The Kier molecular flexibility index (Phi) is 5.23. The number of amides is 1. The highest BCUT2D eigenvalue weighted by Gasteiger charge is 2.32. The van der Waals surface area contributed by atoms with Crippen molar-refractivity contribution in [1.82, 2.24) is 9.47 Å². The molecule has 1 aliphatic rings. The maximum absolute atomic E-state index is 13.9. The molecule has 1 amide bonds. The van der Waals surface area contributed by atoms with Gasteiger partial charge in [-0.05, 0) is 17.2 Å². The molecule has 0 saturated heterocycles. The molecule has 1 aromatic heterocycles. The molecule has 0 aliphatic carbocycles. The predicted octanol–water partition coefficient (Wildman–Crippen LogP) is 4.44. The Morgan fingerprint density at radius 2 is 1.44 bits per heavy atom. The number of hydrogen-bond donors (Lipinski definition) is 1. The summed E-state index contributed by atoms with van der Waals surface area (Å²) >= 11 is 0. The van der Waals surface area contributed by atoms with Gasteiger partial charge < -0.3 is 14.6 Å². The van der Waals surface area contributed by atoms with Crippen LogP contribution in [0.4, 0.5) is 0 Å². The normalized spacial score (nSPS) is 13.3. The summed E-state index contributed by atoms with van der Waals surface area (Å²) < 4.78 is 1.89. The van der Waals surface area contributed by atoms with Gasteiger partial charge in [0.05, 0.1) is 5.92 Å². The van der Waals surface area contributed by atoms with Gasteiger partial charge in [0.1, 0.15) is 6.54 Å². The molecule has 0 radical (unpaired) electrons. The zero-order chi connectivity index (χ0) is 22.1. The maximum atomic E-state index is 13.9. The van der Waals surface area contributed by atoms with Gasteiger partial charge in [-0.3, -0.25) is 9.59 Å². The van der Waals surface area contributed by atoms with Crippen molar-refractivity contribution in [2.75, 3.05) is 6.54 Å². The van der Waals surface area contributed by atoms with E-state index in [0.29, 0.717) is 19.5 Å². The van der Waals surface area contributed by atoms with E-state index >= 15 is 0 Å². The van der Waals surface area contributed by atoms with Gasteiger partial charge in [-0.2, -0.15) is 0 Å². The molecule has 0 spiro atoms. The van der Waals surface area contributed by atoms with Crippen molar-refractivity contribution in [3.8, 4) is 0 Å². The van der Waals surface area contributed by atoms with E-state index in [9.17, 15) is 14.7 Å². The molecule has 5 nitrogen and oxygen atoms in total. The number of fused-ring (bicyclic) bond motifs is 3. The van der Waals surface area contributed by atoms with Gasteiger partial charge in [-0.1, -0.05) is 78.9 Å². The van der Waals surface area contributed by atoms with Crippen molar-refractivity contribution in [3.63, 3.8) is 0 Å². The van der Waals surface area contributed by atoms with E-state index in [2.05, 4.69) is 0 Å². The molecule has 0 bridgehead atoms. The highest BCUT2D eigenvalue weighted by Crippen LogP contribution is 2.34. The second kappa shape index (κ2) is 8.35. The summed E-state index contributed by atoms with van der Waals surface area (Å²) in [6.07, 6.45) is 0.638. The first kappa shape index (κ1) is 20.1. The van der Waals surface area contributed by atoms with Gasteiger partial charge in [-0.15, -0.1) is 0 Å². The summed E-state index contributed by atoms with van der Waals surface area (Å²) in [5, 5.41) is 10.5. The first-order valence-corrected chi connectivity index (χ1v) is 10.8. The molecule has 4 aromatic rings. The molecule has 3 aromatic carbocycles. The van der Waals surface area contributed by atoms with Crippen molar-refractivity contribution >= 4 is 22.8 Å². The van der Waals surface area contributed by atoms with Crippen LogP contribution < -0.4 is 0 Å². The van der Waals surface area contributed by atoms with Crippen molar-refractivity contribution in [3.05, 3.63) is 107 Å². The van der Waals surface area contributed by atoms with Crippen molar-refractivity contribution in [2.24, 2.45) is 0 Å². The molecule has 160 valence electrons. The van der Waals surface area contributed by atoms with Gasteiger partial charge in [0.15, 0.2) is 0 Å². The van der Waals surface area contributed by atoms with Crippen LogP contribution in [-0.4, -0.2) is 33.0 Å². The number of para-hydroxylation sites is 1. The minimum Gasteiger partial charge on any atom is -0.480 e. The number of carbonyl (C=O) groups is 2. The average Bonchev–Trinajstić information content (AvgIpc) is 3.13. The largest absolute Gasteiger partial charge is 0.480 e. The highest BCUT2D eigenvalue weighted by atomic mass is 16.4. The molecular weight excluding hydrogens is 400 g/mol. The van der Waals surface area contributed by atoms with Crippen LogP contribution in [0.5, 0.6) is 0 Å². The molecular formula is C27H24N2O3. The molecule has 5 heteroatoms. The first-order valence-electron chi connectivity index (χ1n) is 10.8. The lowest BCUT2D eigenvalue weighted by molar-refractivity contribution is -0.138. The first-order chi connectivity index (χ1) is 15.6. The van der Waals surface area contributed by atoms with Crippen LogP contribution in [0, 0.1) is 0 Å². The lowest BCUT2D eigenvalue weighted by Gasteiger charge is -2.32. The summed E-state index contributed by atoms with van der Waals surface area (Å²) in [6.45, 7) is 0.982. The van der Waals surface area contributed by atoms with Gasteiger partial charge >= 0.3 is 5.97 Å². The highest BCUT2D eigenvalue weighted by molar-refractivity contribution is 5.90. The van der Waals surface area contributed by atoms with Crippen LogP contribution in [0.25, 0.3) is 10.9 Å². The Bertz CT molecular complexity index is 1240. The summed E-state index contributed by atoms with van der Waals surface area (Å²) in [6, 6.07) is 27.7. The zero-order valence-electron chi connectivity index (χ0n) is 17.6.